The Morgan fingerprint density at radius 3 is 2.00 bits per heavy atom. The number of hydrogen-bond donors (Lipinski definition) is 1. The lowest BCUT2D eigenvalue weighted by Gasteiger charge is -2.15. The molecule has 0 fully saturated rings. The van der Waals surface area contributed by atoms with Crippen LogP contribution in [-0.4, -0.2) is 16.5 Å². The molecule has 3 aromatic carbocycles. The molecule has 33 heavy (non-hydrogen) atoms. The van der Waals surface area contributed by atoms with Crippen molar-refractivity contribution in [3.63, 3.8) is 0 Å². The molecule has 0 aliphatic heterocycles. The Bertz CT molecular complexity index is 1320. The van der Waals surface area contributed by atoms with E-state index in [9.17, 15) is 14.7 Å². The molecule has 0 aliphatic carbocycles. The molecule has 0 saturated heterocycles. The van der Waals surface area contributed by atoms with Crippen molar-refractivity contribution in [1.82, 2.24) is 0 Å². The monoisotopic (exact) mass is 460 g/mol. The van der Waals surface area contributed by atoms with Gasteiger partial charge in [-0.2, -0.15) is 0 Å². The fraction of sp³-hybridized carbons (Fsp3) is 0.310. The van der Waals surface area contributed by atoms with Gasteiger partial charge in [0, 0.05) is 25.7 Å². The van der Waals surface area contributed by atoms with E-state index in [0.717, 1.165) is 25.7 Å². The summed E-state index contributed by atoms with van der Waals surface area (Å²) < 4.78 is 2.15. The number of benzene rings is 3. The molecule has 4 heteroatoms. The van der Waals surface area contributed by atoms with E-state index in [1.807, 2.05) is 48.5 Å². The highest BCUT2D eigenvalue weighted by molar-refractivity contribution is 7.24. The maximum atomic E-state index is 12.6. The van der Waals surface area contributed by atoms with Crippen LogP contribution < -0.4 is 5.43 Å². The van der Waals surface area contributed by atoms with E-state index in [2.05, 4.69) is 33.8 Å². The lowest BCUT2D eigenvalue weighted by molar-refractivity contribution is 0.0488. The summed E-state index contributed by atoms with van der Waals surface area (Å²) in [5, 5.41) is 11.3. The molecular weight excluding hydrogens is 428 g/mol. The van der Waals surface area contributed by atoms with Gasteiger partial charge in [-0.1, -0.05) is 76.2 Å². The van der Waals surface area contributed by atoms with Gasteiger partial charge < -0.3 is 5.11 Å². The van der Waals surface area contributed by atoms with Crippen molar-refractivity contribution in [2.24, 2.45) is 0 Å². The molecule has 3 nitrogen and oxygen atoms in total. The van der Waals surface area contributed by atoms with Gasteiger partial charge in [0.1, 0.15) is 5.60 Å². The molecule has 0 aliphatic rings. The summed E-state index contributed by atoms with van der Waals surface area (Å²) in [6.07, 6.45) is 0. The van der Waals surface area contributed by atoms with Crippen LogP contribution in [0.25, 0.3) is 20.2 Å². The highest BCUT2D eigenvalue weighted by Crippen LogP contribution is 2.29. The van der Waals surface area contributed by atoms with Crippen LogP contribution in [0.1, 0.15) is 74.9 Å². The third kappa shape index (κ3) is 5.58. The first-order valence-electron chi connectivity index (χ1n) is 11.3. The van der Waals surface area contributed by atoms with E-state index in [0.29, 0.717) is 17.4 Å². The zero-order valence-electron chi connectivity index (χ0n) is 20.2. The van der Waals surface area contributed by atoms with Crippen molar-refractivity contribution in [2.75, 3.05) is 0 Å². The average molecular weight is 461 g/mol. The number of hydrogen-bond acceptors (Lipinski definition) is 4. The minimum absolute atomic E-state index is 0.170. The van der Waals surface area contributed by atoms with Crippen LogP contribution in [-0.2, 0) is 0 Å². The second-order valence-electron chi connectivity index (χ2n) is 9.47. The molecule has 1 heterocycles. The lowest BCUT2D eigenvalue weighted by Crippen LogP contribution is -2.31. The fourth-order valence-corrected chi connectivity index (χ4v) is 4.84. The van der Waals surface area contributed by atoms with Crippen LogP contribution in [0.5, 0.6) is 0 Å². The smallest absolute Gasteiger partial charge is 0.196 e. The Balaban J connectivity index is 0.000000190. The van der Waals surface area contributed by atoms with Gasteiger partial charge in [0.2, 0.25) is 0 Å². The van der Waals surface area contributed by atoms with Crippen LogP contribution in [0.15, 0.2) is 71.5 Å². The number of rotatable bonds is 4. The maximum Gasteiger partial charge on any atom is 0.196 e. The van der Waals surface area contributed by atoms with E-state index >= 15 is 0 Å². The van der Waals surface area contributed by atoms with Gasteiger partial charge in [0.15, 0.2) is 11.2 Å². The number of ketones is 1. The van der Waals surface area contributed by atoms with Crippen molar-refractivity contribution in [3.8, 4) is 0 Å². The summed E-state index contributed by atoms with van der Waals surface area (Å²) in [7, 11) is 0. The lowest BCUT2D eigenvalue weighted by atomic mass is 9.94. The molecule has 4 rings (SSSR count). The minimum atomic E-state index is -1.29. The Hall–Kier alpha value is -2.82. The third-order valence-corrected chi connectivity index (χ3v) is 6.79. The average Bonchev–Trinajstić information content (AvgIpc) is 2.78. The Labute approximate surface area is 199 Å². The summed E-state index contributed by atoms with van der Waals surface area (Å²) in [6, 6.07) is 21.4. The van der Waals surface area contributed by atoms with Gasteiger partial charge in [-0.05, 0) is 55.0 Å². The highest BCUT2D eigenvalue weighted by atomic mass is 32.1. The van der Waals surface area contributed by atoms with E-state index < -0.39 is 5.60 Å². The normalized spacial score (nSPS) is 11.7. The van der Waals surface area contributed by atoms with Crippen molar-refractivity contribution in [2.45, 2.75) is 59.0 Å². The van der Waals surface area contributed by atoms with Gasteiger partial charge in [-0.15, -0.1) is 11.3 Å². The zero-order chi connectivity index (χ0) is 24.3. The summed E-state index contributed by atoms with van der Waals surface area (Å²) >= 11 is 1.70. The first-order chi connectivity index (χ1) is 15.5. The summed E-state index contributed by atoms with van der Waals surface area (Å²) in [6.45, 7) is 11.5. The SMILES string of the molecule is CC(C)c1ccc(C(=O)C(C)(C)O)cc1.CC(C)c1cccc2sc3ccccc3c(=O)c12. The molecule has 0 amide bonds. The summed E-state index contributed by atoms with van der Waals surface area (Å²) in [5.41, 5.74) is 1.79. The molecule has 4 aromatic rings. The molecule has 0 bridgehead atoms. The van der Waals surface area contributed by atoms with Crippen molar-refractivity contribution < 1.29 is 9.90 Å². The molecular formula is C29H32O3S. The van der Waals surface area contributed by atoms with Gasteiger partial charge in [0.05, 0.1) is 0 Å². The number of carbonyl (C=O) groups is 1. The minimum Gasteiger partial charge on any atom is -0.382 e. The first-order valence-corrected chi connectivity index (χ1v) is 12.1. The second-order valence-corrected chi connectivity index (χ2v) is 10.6. The fourth-order valence-electron chi connectivity index (χ4n) is 3.73. The van der Waals surface area contributed by atoms with E-state index in [-0.39, 0.29) is 11.2 Å². The van der Waals surface area contributed by atoms with E-state index in [1.165, 1.54) is 19.4 Å². The van der Waals surface area contributed by atoms with Gasteiger partial charge in [0.25, 0.3) is 0 Å². The van der Waals surface area contributed by atoms with Crippen LogP contribution in [0.4, 0.5) is 0 Å². The van der Waals surface area contributed by atoms with Gasteiger partial charge >= 0.3 is 0 Å². The van der Waals surface area contributed by atoms with Crippen molar-refractivity contribution >= 4 is 37.3 Å². The molecule has 0 spiro atoms. The van der Waals surface area contributed by atoms with E-state index in [4.69, 9.17) is 0 Å². The molecule has 1 N–H and O–H groups in total. The van der Waals surface area contributed by atoms with Crippen LogP contribution in [0.2, 0.25) is 0 Å². The predicted octanol–water partition coefficient (Wildman–Crippen LogP) is 7.30. The first kappa shape index (κ1) is 24.8. The molecule has 0 saturated carbocycles. The number of aliphatic hydroxyl groups is 1. The Morgan fingerprint density at radius 2 is 1.42 bits per heavy atom. The largest absolute Gasteiger partial charge is 0.382 e. The van der Waals surface area contributed by atoms with E-state index in [1.54, 1.807) is 23.5 Å². The topological polar surface area (TPSA) is 54.4 Å². The third-order valence-electron chi connectivity index (χ3n) is 5.65. The van der Waals surface area contributed by atoms with Crippen LogP contribution in [0.3, 0.4) is 0 Å². The number of Topliss-reactive ketones (excluding diaryl/α,β-unsaturated/α-hetero) is 1. The highest BCUT2D eigenvalue weighted by Gasteiger charge is 2.24. The van der Waals surface area contributed by atoms with Crippen molar-refractivity contribution in [1.29, 1.82) is 0 Å². The Kier molecular flexibility index (Phi) is 7.51. The molecule has 172 valence electrons. The summed E-state index contributed by atoms with van der Waals surface area (Å²) in [4.78, 5) is 24.3. The molecule has 1 aromatic heterocycles. The second kappa shape index (κ2) is 9.98. The standard InChI is InChI=1S/C16H14OS.C13H18O2/c1-10(2)11-7-5-9-14-15(11)16(17)12-6-3-4-8-13(12)18-14;1-9(2)10-5-7-11(8-6-10)12(14)13(3,4)15/h3-10H,1-2H3;5-9,15H,1-4H3. The maximum absolute atomic E-state index is 12.6. The Morgan fingerprint density at radius 1 is 0.818 bits per heavy atom. The summed E-state index contributed by atoms with van der Waals surface area (Å²) in [5.74, 6) is 0.587. The number of carbonyl (C=O) groups excluding carboxylic acids is 1. The molecule has 0 radical (unpaired) electrons. The van der Waals surface area contributed by atoms with Gasteiger partial charge in [-0.3, -0.25) is 9.59 Å². The van der Waals surface area contributed by atoms with Crippen LogP contribution in [0, 0.1) is 0 Å². The quantitative estimate of drug-likeness (QED) is 0.257. The zero-order valence-corrected chi connectivity index (χ0v) is 21.0. The van der Waals surface area contributed by atoms with Crippen LogP contribution >= 0.6 is 11.3 Å². The predicted molar refractivity (Wildman–Crippen MR) is 141 cm³/mol. The molecule has 0 atom stereocenters. The number of fused-ring (bicyclic) bond motifs is 2. The van der Waals surface area contributed by atoms with Crippen molar-refractivity contribution in [3.05, 3.63) is 93.6 Å². The van der Waals surface area contributed by atoms with Gasteiger partial charge in [-0.25, -0.2) is 0 Å². The molecule has 0 unspecified atom stereocenters.